The van der Waals surface area contributed by atoms with Crippen LogP contribution in [0.15, 0.2) is 59.4 Å². The Hall–Kier alpha value is -2.34. The van der Waals surface area contributed by atoms with Crippen LogP contribution in [0.25, 0.3) is 10.9 Å². The molecule has 27 heavy (non-hydrogen) atoms. The van der Waals surface area contributed by atoms with Crippen molar-refractivity contribution in [1.82, 2.24) is 10.3 Å². The summed E-state index contributed by atoms with van der Waals surface area (Å²) in [5.41, 5.74) is 1.61. The Kier molecular flexibility index (Phi) is 6.65. The number of nitrogens with one attached hydrogen (secondary N) is 2. The first-order chi connectivity index (χ1) is 12.4. The number of hydrogen-bond acceptors (Lipinski definition) is 4. The van der Waals surface area contributed by atoms with Crippen LogP contribution in [0, 0.1) is 0 Å². The molecule has 0 saturated heterocycles. The second-order valence-corrected chi connectivity index (χ2v) is 7.07. The number of aromatic nitrogens is 1. The number of hydrogen-bond donors (Lipinski definition) is 4. The van der Waals surface area contributed by atoms with Crippen LogP contribution in [0.5, 0.6) is 5.75 Å². The van der Waals surface area contributed by atoms with E-state index in [0.29, 0.717) is 18.5 Å². The molecule has 5 nitrogen and oxygen atoms in total. The lowest BCUT2D eigenvalue weighted by Crippen LogP contribution is -2.45. The Morgan fingerprint density at radius 2 is 1.78 bits per heavy atom. The highest BCUT2D eigenvalue weighted by Crippen LogP contribution is 2.27. The molecule has 1 heterocycles. The largest absolute Gasteiger partial charge is 0.506 e. The molecule has 0 amide bonds. The molecule has 0 bridgehead atoms. The van der Waals surface area contributed by atoms with Gasteiger partial charge in [-0.1, -0.05) is 36.4 Å². The van der Waals surface area contributed by atoms with Crippen molar-refractivity contribution in [3.8, 4) is 5.75 Å². The van der Waals surface area contributed by atoms with Crippen LogP contribution in [-0.4, -0.2) is 27.3 Å². The molecule has 0 aliphatic heterocycles. The third-order valence-electron chi connectivity index (χ3n) is 4.74. The zero-order valence-corrected chi connectivity index (χ0v) is 16.2. The second kappa shape index (κ2) is 8.57. The van der Waals surface area contributed by atoms with E-state index in [1.807, 2.05) is 50.2 Å². The Labute approximate surface area is 164 Å². The number of pyridine rings is 1. The van der Waals surface area contributed by atoms with Crippen LogP contribution < -0.4 is 10.9 Å². The van der Waals surface area contributed by atoms with Gasteiger partial charge >= 0.3 is 0 Å². The van der Waals surface area contributed by atoms with Crippen molar-refractivity contribution in [2.45, 2.75) is 31.9 Å². The lowest BCUT2D eigenvalue weighted by atomic mass is 9.91. The fraction of sp³-hybridized carbons (Fsp3) is 0.286. The fourth-order valence-electron chi connectivity index (χ4n) is 3.18. The van der Waals surface area contributed by atoms with E-state index in [1.165, 1.54) is 6.07 Å². The summed E-state index contributed by atoms with van der Waals surface area (Å²) in [5, 5.41) is 24.8. The van der Waals surface area contributed by atoms with Gasteiger partial charge in [0, 0.05) is 17.0 Å². The van der Waals surface area contributed by atoms with Crippen LogP contribution in [0.3, 0.4) is 0 Å². The highest BCUT2D eigenvalue weighted by Gasteiger charge is 2.28. The average Bonchev–Trinajstić information content (AvgIpc) is 2.64. The number of aromatic hydroxyl groups is 1. The molecule has 6 heteroatoms. The van der Waals surface area contributed by atoms with Gasteiger partial charge in [0.05, 0.1) is 11.6 Å². The van der Waals surface area contributed by atoms with Crippen molar-refractivity contribution >= 4 is 23.3 Å². The predicted molar refractivity (Wildman–Crippen MR) is 111 cm³/mol. The van der Waals surface area contributed by atoms with Gasteiger partial charge in [-0.2, -0.15) is 0 Å². The van der Waals surface area contributed by atoms with Crippen molar-refractivity contribution in [3.05, 3.63) is 76.1 Å². The Morgan fingerprint density at radius 3 is 2.48 bits per heavy atom. The molecule has 2 aromatic carbocycles. The molecule has 144 valence electrons. The second-order valence-electron chi connectivity index (χ2n) is 7.07. The third-order valence-corrected chi connectivity index (χ3v) is 4.74. The summed E-state index contributed by atoms with van der Waals surface area (Å²) in [6.45, 7) is 4.59. The van der Waals surface area contributed by atoms with Gasteiger partial charge < -0.3 is 20.5 Å². The normalized spacial score (nSPS) is 12.6. The molecule has 0 aliphatic rings. The fourth-order valence-corrected chi connectivity index (χ4v) is 3.18. The van der Waals surface area contributed by atoms with Crippen LogP contribution >= 0.6 is 12.4 Å². The standard InChI is InChI=1S/C21H24N2O3.ClH/c1-21(2,20(26)15-6-4-3-5-7-15)22-13-12-14-8-10-17(24)19-16(14)9-11-18(25)23-19;/h3-11,20,22,24,26H,12-13H2,1-2H3,(H,23,25);1H. The lowest BCUT2D eigenvalue weighted by Gasteiger charge is -2.32. The van der Waals surface area contributed by atoms with Crippen molar-refractivity contribution in [3.63, 3.8) is 0 Å². The summed E-state index contributed by atoms with van der Waals surface area (Å²) in [6, 6.07) is 16.2. The van der Waals surface area contributed by atoms with E-state index in [-0.39, 0.29) is 23.7 Å². The summed E-state index contributed by atoms with van der Waals surface area (Å²) < 4.78 is 0. The first-order valence-electron chi connectivity index (χ1n) is 8.70. The summed E-state index contributed by atoms with van der Waals surface area (Å²) in [4.78, 5) is 14.2. The number of halogens is 1. The van der Waals surface area contributed by atoms with Gasteiger partial charge in [0.25, 0.3) is 0 Å². The summed E-state index contributed by atoms with van der Waals surface area (Å²) in [6.07, 6.45) is 0.0740. The smallest absolute Gasteiger partial charge is 0.248 e. The molecule has 0 spiro atoms. The number of phenolic OH excluding ortho intramolecular Hbond substituents is 1. The van der Waals surface area contributed by atoms with Gasteiger partial charge in [-0.25, -0.2) is 0 Å². The molecule has 1 aromatic heterocycles. The van der Waals surface area contributed by atoms with E-state index in [9.17, 15) is 15.0 Å². The highest BCUT2D eigenvalue weighted by atomic mass is 35.5. The van der Waals surface area contributed by atoms with Gasteiger partial charge in [0.15, 0.2) is 0 Å². The van der Waals surface area contributed by atoms with Crippen LogP contribution in [0.2, 0.25) is 0 Å². The van der Waals surface area contributed by atoms with E-state index in [4.69, 9.17) is 0 Å². The molecule has 0 aliphatic carbocycles. The molecule has 4 N–H and O–H groups in total. The molecule has 1 atom stereocenters. The molecule has 0 radical (unpaired) electrons. The summed E-state index contributed by atoms with van der Waals surface area (Å²) in [5.74, 6) is 0.0641. The molecule has 3 aromatic rings. The van der Waals surface area contributed by atoms with Crippen LogP contribution in [0.1, 0.15) is 31.1 Å². The Morgan fingerprint density at radius 1 is 1.07 bits per heavy atom. The van der Waals surface area contributed by atoms with E-state index in [0.717, 1.165) is 16.5 Å². The summed E-state index contributed by atoms with van der Waals surface area (Å²) >= 11 is 0. The number of phenols is 1. The van der Waals surface area contributed by atoms with E-state index >= 15 is 0 Å². The van der Waals surface area contributed by atoms with E-state index in [2.05, 4.69) is 10.3 Å². The van der Waals surface area contributed by atoms with E-state index < -0.39 is 11.6 Å². The first kappa shape index (κ1) is 21.0. The van der Waals surface area contributed by atoms with Crippen molar-refractivity contribution in [2.24, 2.45) is 0 Å². The maximum atomic E-state index is 11.5. The number of aliphatic hydroxyl groups excluding tert-OH is 1. The summed E-state index contributed by atoms with van der Waals surface area (Å²) in [7, 11) is 0. The zero-order chi connectivity index (χ0) is 18.7. The van der Waals surface area contributed by atoms with Gasteiger partial charge in [0.1, 0.15) is 5.75 Å². The van der Waals surface area contributed by atoms with Crippen molar-refractivity contribution in [2.75, 3.05) is 6.54 Å². The molecule has 1 unspecified atom stereocenters. The van der Waals surface area contributed by atoms with Gasteiger partial charge in [0.2, 0.25) is 5.56 Å². The van der Waals surface area contributed by atoms with Gasteiger partial charge in [-0.3, -0.25) is 4.79 Å². The molecule has 0 fully saturated rings. The first-order valence-corrected chi connectivity index (χ1v) is 8.70. The molecular formula is C21H25ClN2O3. The zero-order valence-electron chi connectivity index (χ0n) is 15.4. The number of benzene rings is 2. The van der Waals surface area contributed by atoms with E-state index in [1.54, 1.807) is 12.1 Å². The number of H-pyrrole nitrogens is 1. The Bertz CT molecular complexity index is 955. The van der Waals surface area contributed by atoms with Crippen molar-refractivity contribution < 1.29 is 10.2 Å². The number of fused-ring (bicyclic) bond motifs is 1. The van der Waals surface area contributed by atoms with Gasteiger partial charge in [-0.05, 0) is 50.1 Å². The highest BCUT2D eigenvalue weighted by molar-refractivity contribution is 5.87. The minimum absolute atomic E-state index is 0. The number of aromatic amines is 1. The van der Waals surface area contributed by atoms with Crippen LogP contribution in [0.4, 0.5) is 0 Å². The predicted octanol–water partition coefficient (Wildman–Crippen LogP) is 3.30. The number of rotatable bonds is 6. The maximum Gasteiger partial charge on any atom is 0.248 e. The quantitative estimate of drug-likeness (QED) is 0.522. The molecule has 0 saturated carbocycles. The third kappa shape index (κ3) is 4.69. The minimum Gasteiger partial charge on any atom is -0.506 e. The number of aliphatic hydroxyl groups is 1. The SMILES string of the molecule is CC(C)(NCCc1ccc(O)c2[nH]c(=O)ccc12)C(O)c1ccccc1.Cl. The monoisotopic (exact) mass is 388 g/mol. The molecular weight excluding hydrogens is 364 g/mol. The topological polar surface area (TPSA) is 85.4 Å². The Balaban J connectivity index is 0.00000261. The molecule has 3 rings (SSSR count). The minimum atomic E-state index is -0.628. The van der Waals surface area contributed by atoms with Crippen molar-refractivity contribution in [1.29, 1.82) is 0 Å². The maximum absolute atomic E-state index is 11.5. The van der Waals surface area contributed by atoms with Gasteiger partial charge in [-0.15, -0.1) is 12.4 Å². The average molecular weight is 389 g/mol. The van der Waals surface area contributed by atoms with Crippen LogP contribution in [-0.2, 0) is 6.42 Å². The lowest BCUT2D eigenvalue weighted by molar-refractivity contribution is 0.0807.